The second-order valence-electron chi connectivity index (χ2n) is 5.08. The van der Waals surface area contributed by atoms with Crippen LogP contribution >= 0.6 is 0 Å². The summed E-state index contributed by atoms with van der Waals surface area (Å²) in [6.45, 7) is 1.99. The van der Waals surface area contributed by atoms with E-state index in [0.29, 0.717) is 0 Å². The molecule has 2 rings (SSSR count). The summed E-state index contributed by atoms with van der Waals surface area (Å²) in [4.78, 5) is 12.0. The lowest BCUT2D eigenvalue weighted by atomic mass is 9.84. The molecule has 0 aromatic heterocycles. The largest absolute Gasteiger partial charge is 0.327 e. The van der Waals surface area contributed by atoms with Crippen LogP contribution in [0.25, 0.3) is 0 Å². The number of carbonyl (C=O) groups excluding carboxylic acids is 1. The first-order chi connectivity index (χ1) is 7.77. The molecule has 0 radical (unpaired) electrons. The molecule has 2 unspecified atom stereocenters. The summed E-state index contributed by atoms with van der Waals surface area (Å²) >= 11 is 0. The van der Waals surface area contributed by atoms with E-state index in [2.05, 4.69) is 10.4 Å². The molecule has 0 spiro atoms. The Morgan fingerprint density at radius 2 is 1.75 bits per heavy atom. The van der Waals surface area contributed by atoms with Crippen LogP contribution in [0, 0.1) is 5.92 Å². The van der Waals surface area contributed by atoms with Gasteiger partial charge in [0, 0.05) is 19.1 Å². The number of nitrogens with one attached hydrogen (secondary N) is 1. The summed E-state index contributed by atoms with van der Waals surface area (Å²) in [7, 11) is 0. The van der Waals surface area contributed by atoms with Crippen molar-refractivity contribution in [2.24, 2.45) is 11.7 Å². The minimum atomic E-state index is 0.0377. The number of nitrogens with zero attached hydrogens (tertiary/aromatic N) is 1. The highest BCUT2D eigenvalue weighted by atomic mass is 16.2. The molecule has 1 aliphatic heterocycles. The third-order valence-corrected chi connectivity index (χ3v) is 3.78. The van der Waals surface area contributed by atoms with Gasteiger partial charge in [-0.3, -0.25) is 10.2 Å². The number of nitrogens with two attached hydrogens (primary N) is 1. The molecule has 4 heteroatoms. The summed E-state index contributed by atoms with van der Waals surface area (Å²) in [6.07, 6.45) is 7.95. The summed E-state index contributed by atoms with van der Waals surface area (Å²) in [5.74, 6) is 0.185. The van der Waals surface area contributed by atoms with Crippen molar-refractivity contribution >= 4 is 5.91 Å². The van der Waals surface area contributed by atoms with Crippen molar-refractivity contribution in [1.29, 1.82) is 0 Å². The quantitative estimate of drug-likeness (QED) is 0.737. The lowest BCUT2D eigenvalue weighted by Gasteiger charge is -2.32. The van der Waals surface area contributed by atoms with Gasteiger partial charge in [-0.15, -0.1) is 0 Å². The van der Waals surface area contributed by atoms with Gasteiger partial charge >= 0.3 is 0 Å². The number of hydrogen-bond donors (Lipinski definition) is 2. The lowest BCUT2D eigenvalue weighted by molar-refractivity contribution is -0.131. The van der Waals surface area contributed by atoms with Gasteiger partial charge in [-0.1, -0.05) is 19.3 Å². The van der Waals surface area contributed by atoms with Crippen LogP contribution in [-0.4, -0.2) is 30.0 Å². The molecule has 1 amide bonds. The van der Waals surface area contributed by atoms with Crippen molar-refractivity contribution in [1.82, 2.24) is 10.4 Å². The second kappa shape index (κ2) is 5.64. The Hall–Kier alpha value is -0.610. The molecule has 0 aromatic carbocycles. The van der Waals surface area contributed by atoms with E-state index in [9.17, 15) is 4.79 Å². The maximum atomic E-state index is 12.0. The number of piperidine rings is 1. The molecule has 92 valence electrons. The van der Waals surface area contributed by atoms with Gasteiger partial charge in [-0.05, 0) is 25.7 Å². The van der Waals surface area contributed by atoms with Crippen LogP contribution in [0.4, 0.5) is 0 Å². The summed E-state index contributed by atoms with van der Waals surface area (Å²) < 4.78 is 0. The fourth-order valence-corrected chi connectivity index (χ4v) is 2.73. The normalized spacial score (nSPS) is 32.3. The first kappa shape index (κ1) is 11.9. The van der Waals surface area contributed by atoms with Crippen molar-refractivity contribution in [2.75, 3.05) is 13.1 Å². The third-order valence-electron chi connectivity index (χ3n) is 3.78. The molecule has 4 nitrogen and oxygen atoms in total. The first-order valence-electron chi connectivity index (χ1n) is 6.58. The Labute approximate surface area is 97.5 Å². The highest BCUT2D eigenvalue weighted by Gasteiger charge is 2.29. The second-order valence-corrected chi connectivity index (χ2v) is 5.08. The summed E-state index contributed by atoms with van der Waals surface area (Å²) in [6, 6.07) is 0.0681. The minimum absolute atomic E-state index is 0.0377. The van der Waals surface area contributed by atoms with E-state index < -0.39 is 0 Å². The zero-order valence-electron chi connectivity index (χ0n) is 9.95. The number of carbonyl (C=O) groups is 1. The summed E-state index contributed by atoms with van der Waals surface area (Å²) in [5, 5.41) is 2.06. The van der Waals surface area contributed by atoms with Gasteiger partial charge in [0.25, 0.3) is 0 Å². The van der Waals surface area contributed by atoms with E-state index >= 15 is 0 Å². The first-order valence-corrected chi connectivity index (χ1v) is 6.58. The molecular weight excluding hydrogens is 202 g/mol. The van der Waals surface area contributed by atoms with Gasteiger partial charge in [-0.25, -0.2) is 5.01 Å². The molecule has 2 fully saturated rings. The van der Waals surface area contributed by atoms with Crippen LogP contribution in [-0.2, 0) is 4.79 Å². The maximum Gasteiger partial charge on any atom is 0.238 e. The Morgan fingerprint density at radius 1 is 1.06 bits per heavy atom. The average molecular weight is 225 g/mol. The van der Waals surface area contributed by atoms with E-state index in [4.69, 9.17) is 5.73 Å². The van der Waals surface area contributed by atoms with Crippen LogP contribution in [0.15, 0.2) is 0 Å². The van der Waals surface area contributed by atoms with Gasteiger partial charge in [-0.2, -0.15) is 0 Å². The molecule has 2 aliphatic rings. The molecule has 1 heterocycles. The number of amides is 1. The van der Waals surface area contributed by atoms with Gasteiger partial charge in [0.05, 0.1) is 5.92 Å². The number of hydrazine groups is 1. The van der Waals surface area contributed by atoms with Gasteiger partial charge in [0.15, 0.2) is 0 Å². The highest BCUT2D eigenvalue weighted by molar-refractivity contribution is 5.79. The zero-order valence-corrected chi connectivity index (χ0v) is 9.95. The van der Waals surface area contributed by atoms with E-state index in [-0.39, 0.29) is 17.9 Å². The van der Waals surface area contributed by atoms with Crippen LogP contribution in [0.1, 0.15) is 44.9 Å². The van der Waals surface area contributed by atoms with Crippen LogP contribution in [0.3, 0.4) is 0 Å². The monoisotopic (exact) mass is 225 g/mol. The summed E-state index contributed by atoms with van der Waals surface area (Å²) in [5.41, 5.74) is 9.04. The molecular formula is C12H23N3O. The average Bonchev–Trinajstić information content (AvgIpc) is 2.31. The molecule has 2 atom stereocenters. The molecule has 16 heavy (non-hydrogen) atoms. The van der Waals surface area contributed by atoms with Crippen LogP contribution in [0.2, 0.25) is 0 Å². The van der Waals surface area contributed by atoms with Crippen molar-refractivity contribution in [3.63, 3.8) is 0 Å². The molecule has 3 N–H and O–H groups in total. The molecule has 1 saturated carbocycles. The standard InChI is InChI=1S/C12H23N3O/c13-11-7-3-2-6-10(11)12(16)14-15-8-4-1-5-9-15/h10-11H,1-9,13H2,(H,14,16). The smallest absolute Gasteiger partial charge is 0.238 e. The van der Waals surface area contributed by atoms with E-state index in [1.54, 1.807) is 0 Å². The van der Waals surface area contributed by atoms with E-state index in [0.717, 1.165) is 32.4 Å². The predicted octanol–water partition coefficient (Wildman–Crippen LogP) is 1.02. The predicted molar refractivity (Wildman–Crippen MR) is 63.5 cm³/mol. The van der Waals surface area contributed by atoms with Crippen LogP contribution in [0.5, 0.6) is 0 Å². The SMILES string of the molecule is NC1CCCCC1C(=O)NN1CCCCC1. The number of rotatable bonds is 2. The maximum absolute atomic E-state index is 12.0. The van der Waals surface area contributed by atoms with E-state index in [1.807, 2.05) is 0 Å². The molecule has 1 saturated heterocycles. The lowest BCUT2D eigenvalue weighted by Crippen LogP contribution is -2.51. The van der Waals surface area contributed by atoms with Crippen molar-refractivity contribution in [3.05, 3.63) is 0 Å². The van der Waals surface area contributed by atoms with Crippen molar-refractivity contribution in [3.8, 4) is 0 Å². The minimum Gasteiger partial charge on any atom is -0.327 e. The van der Waals surface area contributed by atoms with Crippen molar-refractivity contribution in [2.45, 2.75) is 51.0 Å². The zero-order chi connectivity index (χ0) is 11.4. The third kappa shape index (κ3) is 2.95. The van der Waals surface area contributed by atoms with Crippen molar-refractivity contribution < 1.29 is 4.79 Å². The molecule has 0 bridgehead atoms. The number of hydrogen-bond acceptors (Lipinski definition) is 3. The Kier molecular flexibility index (Phi) is 4.18. The fourth-order valence-electron chi connectivity index (χ4n) is 2.73. The molecule has 0 aromatic rings. The Bertz CT molecular complexity index is 238. The topological polar surface area (TPSA) is 58.4 Å². The Balaban J connectivity index is 1.81. The van der Waals surface area contributed by atoms with Gasteiger partial charge in [0.2, 0.25) is 5.91 Å². The highest BCUT2D eigenvalue weighted by Crippen LogP contribution is 2.23. The van der Waals surface area contributed by atoms with Gasteiger partial charge < -0.3 is 5.73 Å². The van der Waals surface area contributed by atoms with Gasteiger partial charge in [0.1, 0.15) is 0 Å². The molecule has 1 aliphatic carbocycles. The fraction of sp³-hybridized carbons (Fsp3) is 0.917. The Morgan fingerprint density at radius 3 is 2.44 bits per heavy atom. The van der Waals surface area contributed by atoms with E-state index in [1.165, 1.54) is 25.7 Å². The van der Waals surface area contributed by atoms with Crippen LogP contribution < -0.4 is 11.2 Å².